The molecule has 0 rings (SSSR count). The minimum absolute atomic E-state index is 0.380. The van der Waals surface area contributed by atoms with E-state index in [0.717, 1.165) is 0 Å². The van der Waals surface area contributed by atoms with Crippen molar-refractivity contribution in [3.05, 3.63) is 0 Å². The van der Waals surface area contributed by atoms with Crippen molar-refractivity contribution in [1.29, 1.82) is 5.41 Å². The molecule has 3 heteroatoms. The summed E-state index contributed by atoms with van der Waals surface area (Å²) in [4.78, 5) is 9.79. The molecule has 0 aliphatic rings. The second-order valence-electron chi connectivity index (χ2n) is 0.970. The maximum Gasteiger partial charge on any atom is 0.193 e. The highest BCUT2D eigenvalue weighted by atomic mass is 16.1. The van der Waals surface area contributed by atoms with Crippen molar-refractivity contribution in [3.8, 4) is 0 Å². The van der Waals surface area contributed by atoms with Crippen LogP contribution in [-0.4, -0.2) is 11.6 Å². The fourth-order valence-electron chi connectivity index (χ4n) is 0. The zero-order valence-electron chi connectivity index (χ0n) is 3.49. The summed E-state index contributed by atoms with van der Waals surface area (Å²) in [5, 5.41) is 6.38. The van der Waals surface area contributed by atoms with E-state index >= 15 is 0 Å². The summed E-state index contributed by atoms with van der Waals surface area (Å²) in [7, 11) is 0. The molecule has 0 unspecified atom stereocenters. The Labute approximate surface area is 35.7 Å². The van der Waals surface area contributed by atoms with E-state index in [-0.39, 0.29) is 11.6 Å². The predicted molar refractivity (Wildman–Crippen MR) is 22.6 cm³/mol. The van der Waals surface area contributed by atoms with Crippen LogP contribution in [0.15, 0.2) is 0 Å². The summed E-state index contributed by atoms with van der Waals surface area (Å²) in [5.74, 6) is -0.759. The van der Waals surface area contributed by atoms with Gasteiger partial charge in [0.25, 0.3) is 0 Å². The average molecular weight is 86.1 g/mol. The number of amidine groups is 1. The van der Waals surface area contributed by atoms with E-state index in [9.17, 15) is 4.79 Å². The van der Waals surface area contributed by atoms with Crippen molar-refractivity contribution in [2.75, 3.05) is 0 Å². The first-order chi connectivity index (χ1) is 2.64. The van der Waals surface area contributed by atoms with Gasteiger partial charge in [0.1, 0.15) is 0 Å². The number of rotatable bonds is 1. The van der Waals surface area contributed by atoms with Crippen LogP contribution in [-0.2, 0) is 4.79 Å². The highest BCUT2D eigenvalue weighted by Crippen LogP contribution is 1.58. The second kappa shape index (κ2) is 1.55. The van der Waals surface area contributed by atoms with Crippen molar-refractivity contribution in [1.82, 2.24) is 0 Å². The third-order valence-electron chi connectivity index (χ3n) is 0.379. The van der Waals surface area contributed by atoms with Crippen molar-refractivity contribution in [2.45, 2.75) is 6.92 Å². The molecule has 3 N–H and O–H groups in total. The molecule has 0 bridgehead atoms. The number of carbonyl (C=O) groups excluding carboxylic acids is 1. The molecule has 0 amide bonds. The Balaban J connectivity index is 3.57. The van der Waals surface area contributed by atoms with Gasteiger partial charge >= 0.3 is 0 Å². The number of Topliss-reactive ketones (excluding diaryl/α,β-unsaturated/α-hetero) is 1. The maximum absolute atomic E-state index is 9.79. The Hall–Kier alpha value is -0.860. The number of carbonyl (C=O) groups is 1. The van der Waals surface area contributed by atoms with Gasteiger partial charge in [0.05, 0.1) is 0 Å². The van der Waals surface area contributed by atoms with Crippen molar-refractivity contribution in [3.63, 3.8) is 0 Å². The van der Waals surface area contributed by atoms with E-state index in [1.165, 1.54) is 6.92 Å². The lowest BCUT2D eigenvalue weighted by molar-refractivity contribution is -0.111. The van der Waals surface area contributed by atoms with Crippen LogP contribution in [0.4, 0.5) is 0 Å². The summed E-state index contributed by atoms with van der Waals surface area (Å²) in [6, 6.07) is 0. The van der Waals surface area contributed by atoms with Crippen LogP contribution < -0.4 is 5.73 Å². The van der Waals surface area contributed by atoms with Gasteiger partial charge in [-0.15, -0.1) is 0 Å². The van der Waals surface area contributed by atoms with Crippen LogP contribution in [0.1, 0.15) is 6.92 Å². The number of nitrogens with one attached hydrogen (secondary N) is 1. The van der Waals surface area contributed by atoms with Gasteiger partial charge in [0.15, 0.2) is 11.6 Å². The number of nitrogens with two attached hydrogens (primary N) is 1. The van der Waals surface area contributed by atoms with Crippen LogP contribution in [0.3, 0.4) is 0 Å². The number of hydrogen-bond donors (Lipinski definition) is 2. The smallest absolute Gasteiger partial charge is 0.193 e. The monoisotopic (exact) mass is 86.0 g/mol. The Morgan fingerprint density at radius 3 is 2.00 bits per heavy atom. The Bertz CT molecular complexity index is 74.8. The first kappa shape index (κ1) is 5.14. The topological polar surface area (TPSA) is 66.9 Å². The van der Waals surface area contributed by atoms with Gasteiger partial charge in [-0.2, -0.15) is 0 Å². The van der Waals surface area contributed by atoms with Crippen LogP contribution >= 0.6 is 0 Å². The SMILES string of the molecule is CC(=O)C(=N)N. The zero-order valence-corrected chi connectivity index (χ0v) is 3.49. The van der Waals surface area contributed by atoms with Gasteiger partial charge in [-0.1, -0.05) is 0 Å². The van der Waals surface area contributed by atoms with E-state index < -0.39 is 0 Å². The zero-order chi connectivity index (χ0) is 5.15. The van der Waals surface area contributed by atoms with Gasteiger partial charge in [-0.05, 0) is 0 Å². The number of hydrogen-bond acceptors (Lipinski definition) is 2. The normalized spacial score (nSPS) is 7.50. The third-order valence-corrected chi connectivity index (χ3v) is 0.379. The van der Waals surface area contributed by atoms with Crippen LogP contribution in [0.25, 0.3) is 0 Å². The maximum atomic E-state index is 9.79. The molecule has 0 heterocycles. The summed E-state index contributed by atoms with van der Waals surface area (Å²) in [5.41, 5.74) is 4.67. The van der Waals surface area contributed by atoms with E-state index in [1.54, 1.807) is 0 Å². The predicted octanol–water partition coefficient (Wildman–Crippen LogP) is -0.489. The first-order valence-electron chi connectivity index (χ1n) is 1.49. The third kappa shape index (κ3) is 1.46. The average Bonchev–Trinajstić information content (AvgIpc) is 1.36. The lowest BCUT2D eigenvalue weighted by atomic mass is 10.4. The minimum atomic E-state index is -0.380. The summed E-state index contributed by atoms with van der Waals surface area (Å²) >= 11 is 0. The molecule has 0 fully saturated rings. The molecule has 34 valence electrons. The highest BCUT2D eigenvalue weighted by Gasteiger charge is 1.89. The molecule has 0 radical (unpaired) electrons. The molecule has 0 saturated heterocycles. The van der Waals surface area contributed by atoms with E-state index in [1.807, 2.05) is 0 Å². The van der Waals surface area contributed by atoms with Crippen molar-refractivity contribution >= 4 is 11.6 Å². The second-order valence-corrected chi connectivity index (χ2v) is 0.970. The van der Waals surface area contributed by atoms with Gasteiger partial charge in [-0.3, -0.25) is 10.2 Å². The summed E-state index contributed by atoms with van der Waals surface area (Å²) < 4.78 is 0. The Kier molecular flexibility index (Phi) is 1.32. The molecular formula is C3H6N2O. The molecule has 0 aromatic carbocycles. The van der Waals surface area contributed by atoms with Gasteiger partial charge < -0.3 is 5.73 Å². The van der Waals surface area contributed by atoms with Gasteiger partial charge in [0.2, 0.25) is 0 Å². The van der Waals surface area contributed by atoms with Crippen LogP contribution in [0.5, 0.6) is 0 Å². The minimum Gasteiger partial charge on any atom is -0.381 e. The Morgan fingerprint density at radius 2 is 2.00 bits per heavy atom. The fraction of sp³-hybridized carbons (Fsp3) is 0.333. The molecule has 0 aromatic heterocycles. The largest absolute Gasteiger partial charge is 0.381 e. The quantitative estimate of drug-likeness (QED) is 0.334. The lowest BCUT2D eigenvalue weighted by Crippen LogP contribution is -2.18. The molecular weight excluding hydrogens is 80.0 g/mol. The molecule has 0 spiro atoms. The fourth-order valence-corrected chi connectivity index (χ4v) is 0. The van der Waals surface area contributed by atoms with Crippen molar-refractivity contribution in [2.24, 2.45) is 5.73 Å². The molecule has 3 nitrogen and oxygen atoms in total. The van der Waals surface area contributed by atoms with E-state index in [0.29, 0.717) is 0 Å². The van der Waals surface area contributed by atoms with Crippen LogP contribution in [0, 0.1) is 5.41 Å². The van der Waals surface area contributed by atoms with Gasteiger partial charge in [0, 0.05) is 6.92 Å². The van der Waals surface area contributed by atoms with E-state index in [4.69, 9.17) is 5.41 Å². The molecule has 0 aliphatic heterocycles. The molecule has 0 atom stereocenters. The Morgan fingerprint density at radius 1 is 1.83 bits per heavy atom. The van der Waals surface area contributed by atoms with Crippen LogP contribution in [0.2, 0.25) is 0 Å². The lowest BCUT2D eigenvalue weighted by Gasteiger charge is -1.79. The number of ketones is 1. The molecule has 0 aliphatic carbocycles. The van der Waals surface area contributed by atoms with Gasteiger partial charge in [-0.25, -0.2) is 0 Å². The standard InChI is InChI=1S/C3H6N2O/c1-2(6)3(4)5/h1H3,(H3,4,5). The molecule has 0 saturated carbocycles. The summed E-state index contributed by atoms with van der Waals surface area (Å²) in [6.07, 6.45) is 0. The molecule has 6 heavy (non-hydrogen) atoms. The summed E-state index contributed by atoms with van der Waals surface area (Å²) in [6.45, 7) is 1.25. The first-order valence-corrected chi connectivity index (χ1v) is 1.49. The van der Waals surface area contributed by atoms with E-state index in [2.05, 4.69) is 5.73 Å². The van der Waals surface area contributed by atoms with Crippen molar-refractivity contribution < 1.29 is 4.79 Å². The molecule has 0 aromatic rings. The highest BCUT2D eigenvalue weighted by molar-refractivity contribution is 6.35.